The molecule has 0 bridgehead atoms. The average Bonchev–Trinajstić information content (AvgIpc) is 2.52. The van der Waals surface area contributed by atoms with Crippen molar-refractivity contribution in [2.75, 3.05) is 0 Å². The van der Waals surface area contributed by atoms with E-state index >= 15 is 0 Å². The first-order chi connectivity index (χ1) is 6.25. The van der Waals surface area contributed by atoms with Crippen LogP contribution in [-0.4, -0.2) is 5.16 Å². The number of hydrogen-bond donors (Lipinski definition) is 0. The second-order valence-electron chi connectivity index (χ2n) is 2.53. The van der Waals surface area contributed by atoms with Gasteiger partial charge in [-0.05, 0) is 12.1 Å². The van der Waals surface area contributed by atoms with Gasteiger partial charge >= 0.3 is 6.01 Å². The topological polar surface area (TPSA) is 26.0 Å². The van der Waals surface area contributed by atoms with E-state index in [0.29, 0.717) is 10.7 Å². The van der Waals surface area contributed by atoms with Gasteiger partial charge in [-0.3, -0.25) is 0 Å². The van der Waals surface area contributed by atoms with Gasteiger partial charge in [0.2, 0.25) is 0 Å². The first-order valence-electron chi connectivity index (χ1n) is 3.64. The highest BCUT2D eigenvalue weighted by molar-refractivity contribution is 6.30. The summed E-state index contributed by atoms with van der Waals surface area (Å²) in [6, 6.07) is 7.49. The third kappa shape index (κ3) is 1.70. The molecule has 4 heteroatoms. The minimum absolute atomic E-state index is 0.444. The van der Waals surface area contributed by atoms with Crippen molar-refractivity contribution >= 4 is 11.6 Å². The number of nitrogens with zero attached hydrogens (tertiary/aromatic N) is 1. The molecule has 0 amide bonds. The number of halogens is 2. The molecule has 13 heavy (non-hydrogen) atoms. The summed E-state index contributed by atoms with van der Waals surface area (Å²) in [5.41, 5.74) is 1.18. The summed E-state index contributed by atoms with van der Waals surface area (Å²) >= 11 is 5.75. The molecule has 2 aromatic rings. The van der Waals surface area contributed by atoms with E-state index in [0.717, 1.165) is 5.56 Å². The Morgan fingerprint density at radius 1 is 1.31 bits per heavy atom. The molecule has 0 aliphatic rings. The minimum Gasteiger partial charge on any atom is -0.325 e. The van der Waals surface area contributed by atoms with Crippen LogP contribution in [0.1, 0.15) is 0 Å². The van der Waals surface area contributed by atoms with Crippen molar-refractivity contribution in [1.29, 1.82) is 0 Å². The third-order valence-corrected chi connectivity index (χ3v) is 1.84. The van der Waals surface area contributed by atoms with Crippen LogP contribution in [0.15, 0.2) is 34.9 Å². The molecular weight excluding hydrogens is 193 g/mol. The van der Waals surface area contributed by atoms with Gasteiger partial charge in [0.25, 0.3) is 0 Å². The van der Waals surface area contributed by atoms with Crippen LogP contribution in [0.25, 0.3) is 11.3 Å². The van der Waals surface area contributed by atoms with Gasteiger partial charge in [-0.2, -0.15) is 4.39 Å². The van der Waals surface area contributed by atoms with Gasteiger partial charge in [0.05, 0.1) is 0 Å². The summed E-state index contributed by atoms with van der Waals surface area (Å²) in [6.07, 6.45) is 0. The van der Waals surface area contributed by atoms with Crippen molar-refractivity contribution in [2.45, 2.75) is 0 Å². The lowest BCUT2D eigenvalue weighted by molar-refractivity contribution is 0.283. The molecule has 1 aromatic heterocycles. The molecule has 66 valence electrons. The quantitative estimate of drug-likeness (QED) is 0.702. The van der Waals surface area contributed by atoms with Gasteiger partial charge in [0.15, 0.2) is 0 Å². The van der Waals surface area contributed by atoms with Crippen molar-refractivity contribution in [3.8, 4) is 11.3 Å². The number of hydrogen-bond acceptors (Lipinski definition) is 2. The highest BCUT2D eigenvalue weighted by atomic mass is 35.5. The molecule has 0 saturated heterocycles. The van der Waals surface area contributed by atoms with E-state index in [1.807, 2.05) is 0 Å². The van der Waals surface area contributed by atoms with Crippen LogP contribution in [0, 0.1) is 6.01 Å². The van der Waals surface area contributed by atoms with Crippen molar-refractivity contribution in [3.63, 3.8) is 0 Å². The molecule has 2 rings (SSSR count). The number of benzene rings is 1. The molecule has 1 aromatic carbocycles. The van der Waals surface area contributed by atoms with Crippen LogP contribution in [0.2, 0.25) is 5.02 Å². The fourth-order valence-corrected chi connectivity index (χ4v) is 1.23. The van der Waals surface area contributed by atoms with Crippen LogP contribution in [0.3, 0.4) is 0 Å². The standard InChI is InChI=1S/C9H5ClFNO/c10-7-3-1-2-6(4-7)8-5-9(11)13-12-8/h1-5H. The molecule has 0 aliphatic heterocycles. The van der Waals surface area contributed by atoms with Crippen LogP contribution in [0.5, 0.6) is 0 Å². The van der Waals surface area contributed by atoms with Gasteiger partial charge in [0, 0.05) is 16.7 Å². The SMILES string of the molecule is Fc1cc(-c2cccc(Cl)c2)no1. The second-order valence-corrected chi connectivity index (χ2v) is 2.96. The Bertz CT molecular complexity index is 427. The average molecular weight is 198 g/mol. The maximum Gasteiger partial charge on any atom is 0.306 e. The smallest absolute Gasteiger partial charge is 0.306 e. The summed E-state index contributed by atoms with van der Waals surface area (Å²) in [6.45, 7) is 0. The monoisotopic (exact) mass is 197 g/mol. The lowest BCUT2D eigenvalue weighted by Gasteiger charge is -1.94. The Hall–Kier alpha value is -1.35. The van der Waals surface area contributed by atoms with Crippen LogP contribution >= 0.6 is 11.6 Å². The molecular formula is C9H5ClFNO. The molecule has 0 unspecified atom stereocenters. The Morgan fingerprint density at radius 2 is 2.15 bits per heavy atom. The van der Waals surface area contributed by atoms with E-state index in [2.05, 4.69) is 9.68 Å². The maximum atomic E-state index is 12.5. The predicted octanol–water partition coefficient (Wildman–Crippen LogP) is 3.13. The maximum absolute atomic E-state index is 12.5. The molecule has 0 aliphatic carbocycles. The Labute approximate surface area is 78.9 Å². The molecule has 2 nitrogen and oxygen atoms in total. The highest BCUT2D eigenvalue weighted by Gasteiger charge is 2.05. The molecule has 0 radical (unpaired) electrons. The van der Waals surface area contributed by atoms with Gasteiger partial charge in [0.1, 0.15) is 5.69 Å². The van der Waals surface area contributed by atoms with Gasteiger partial charge in [-0.1, -0.05) is 28.9 Å². The van der Waals surface area contributed by atoms with E-state index in [9.17, 15) is 4.39 Å². The third-order valence-electron chi connectivity index (χ3n) is 1.60. The summed E-state index contributed by atoms with van der Waals surface area (Å²) in [5, 5.41) is 4.10. The van der Waals surface area contributed by atoms with Gasteiger partial charge in [-0.15, -0.1) is 0 Å². The molecule has 0 fully saturated rings. The van der Waals surface area contributed by atoms with E-state index < -0.39 is 6.01 Å². The van der Waals surface area contributed by atoms with Gasteiger partial charge in [-0.25, -0.2) is 0 Å². The van der Waals surface area contributed by atoms with Gasteiger partial charge < -0.3 is 4.52 Å². The molecule has 0 spiro atoms. The number of rotatable bonds is 1. The van der Waals surface area contributed by atoms with Crippen molar-refractivity contribution in [1.82, 2.24) is 5.16 Å². The first kappa shape index (κ1) is 8.26. The lowest BCUT2D eigenvalue weighted by Crippen LogP contribution is -1.75. The minimum atomic E-state index is -0.699. The fourth-order valence-electron chi connectivity index (χ4n) is 1.04. The largest absolute Gasteiger partial charge is 0.325 e. The Morgan fingerprint density at radius 3 is 2.77 bits per heavy atom. The molecule has 0 saturated carbocycles. The molecule has 1 heterocycles. The van der Waals surface area contributed by atoms with Crippen LogP contribution in [0.4, 0.5) is 4.39 Å². The zero-order valence-electron chi connectivity index (χ0n) is 6.50. The zero-order valence-corrected chi connectivity index (χ0v) is 7.25. The van der Waals surface area contributed by atoms with Crippen molar-refractivity contribution < 1.29 is 8.91 Å². The normalized spacial score (nSPS) is 10.3. The summed E-state index contributed by atoms with van der Waals surface area (Å²) in [7, 11) is 0. The first-order valence-corrected chi connectivity index (χ1v) is 4.01. The highest BCUT2D eigenvalue weighted by Crippen LogP contribution is 2.21. The van der Waals surface area contributed by atoms with Crippen LogP contribution < -0.4 is 0 Å². The van der Waals surface area contributed by atoms with Crippen LogP contribution in [-0.2, 0) is 0 Å². The van der Waals surface area contributed by atoms with E-state index in [1.54, 1.807) is 24.3 Å². The lowest BCUT2D eigenvalue weighted by atomic mass is 10.2. The van der Waals surface area contributed by atoms with Crippen molar-refractivity contribution in [3.05, 3.63) is 41.4 Å². The predicted molar refractivity (Wildman–Crippen MR) is 46.9 cm³/mol. The fraction of sp³-hybridized carbons (Fsp3) is 0. The second kappa shape index (κ2) is 3.18. The Balaban J connectivity index is 2.46. The summed E-state index contributed by atoms with van der Waals surface area (Å²) in [5.74, 6) is 0. The van der Waals surface area contributed by atoms with E-state index in [-0.39, 0.29) is 0 Å². The van der Waals surface area contributed by atoms with E-state index in [1.165, 1.54) is 6.07 Å². The molecule has 0 N–H and O–H groups in total. The van der Waals surface area contributed by atoms with Crippen molar-refractivity contribution in [2.24, 2.45) is 0 Å². The van der Waals surface area contributed by atoms with E-state index in [4.69, 9.17) is 11.6 Å². The summed E-state index contributed by atoms with van der Waals surface area (Å²) < 4.78 is 16.8. The Kier molecular flexibility index (Phi) is 2.02. The number of aromatic nitrogens is 1. The molecule has 0 atom stereocenters. The zero-order chi connectivity index (χ0) is 9.26. The summed E-state index contributed by atoms with van der Waals surface area (Å²) in [4.78, 5) is 0.